The Bertz CT molecular complexity index is 1040. The fraction of sp³-hybridized carbons (Fsp3) is 0.227. The maximum atomic E-state index is 6.09. The Morgan fingerprint density at radius 3 is 2.42 bits per heavy atom. The lowest BCUT2D eigenvalue weighted by atomic mass is 9.91. The first-order valence-electron chi connectivity index (χ1n) is 8.66. The van der Waals surface area contributed by atoms with Crippen molar-refractivity contribution in [1.29, 1.82) is 0 Å². The average Bonchev–Trinajstić information content (AvgIpc) is 2.55. The molecule has 1 heterocycles. The van der Waals surface area contributed by atoms with Gasteiger partial charge in [0, 0.05) is 10.9 Å². The quantitative estimate of drug-likeness (QED) is 0.456. The molecule has 0 amide bonds. The summed E-state index contributed by atoms with van der Waals surface area (Å²) in [4.78, 5) is 8.56. The van der Waals surface area contributed by atoms with Crippen molar-refractivity contribution in [1.82, 2.24) is 9.97 Å². The largest absolute Gasteiger partial charge is 0.383 e. The second-order valence-electron chi connectivity index (χ2n) is 6.54. The molecule has 0 aliphatic carbocycles. The number of halogens is 1. The van der Waals surface area contributed by atoms with E-state index >= 15 is 0 Å². The Morgan fingerprint density at radius 2 is 1.77 bits per heavy atom. The van der Waals surface area contributed by atoms with Gasteiger partial charge in [-0.2, -0.15) is 0 Å². The topological polar surface area (TPSA) is 51.8 Å². The van der Waals surface area contributed by atoms with Crippen LogP contribution in [0.1, 0.15) is 35.6 Å². The van der Waals surface area contributed by atoms with E-state index in [1.807, 2.05) is 25.1 Å². The van der Waals surface area contributed by atoms with E-state index in [0.29, 0.717) is 5.82 Å². The molecule has 3 aromatic rings. The molecule has 0 atom stereocenters. The Morgan fingerprint density at radius 1 is 1.08 bits per heavy atom. The molecule has 3 nitrogen and oxygen atoms in total. The monoisotopic (exact) mass is 363 g/mol. The highest BCUT2D eigenvalue weighted by molar-refractivity contribution is 6.29. The smallest absolute Gasteiger partial charge is 0.224 e. The van der Waals surface area contributed by atoms with Gasteiger partial charge in [-0.1, -0.05) is 19.1 Å². The van der Waals surface area contributed by atoms with Crippen molar-refractivity contribution < 1.29 is 0 Å². The van der Waals surface area contributed by atoms with Crippen molar-refractivity contribution in [2.75, 3.05) is 5.73 Å². The molecular weight excluding hydrogens is 342 g/mol. The van der Waals surface area contributed by atoms with E-state index in [-0.39, 0.29) is 5.28 Å². The van der Waals surface area contributed by atoms with Gasteiger partial charge in [-0.3, -0.25) is 0 Å². The van der Waals surface area contributed by atoms with Crippen LogP contribution in [0.4, 0.5) is 5.82 Å². The molecule has 0 bridgehead atoms. The molecule has 26 heavy (non-hydrogen) atoms. The highest BCUT2D eigenvalue weighted by Gasteiger charge is 2.15. The highest BCUT2D eigenvalue weighted by atomic mass is 35.5. The second kappa shape index (κ2) is 7.33. The summed E-state index contributed by atoms with van der Waals surface area (Å²) in [7, 11) is 0. The van der Waals surface area contributed by atoms with Gasteiger partial charge in [0.25, 0.3) is 0 Å². The van der Waals surface area contributed by atoms with Crippen molar-refractivity contribution in [3.05, 3.63) is 63.6 Å². The second-order valence-corrected chi connectivity index (χ2v) is 6.88. The maximum Gasteiger partial charge on any atom is 0.224 e. The van der Waals surface area contributed by atoms with Crippen LogP contribution in [0.2, 0.25) is 5.28 Å². The Kier molecular flexibility index (Phi) is 5.13. The minimum absolute atomic E-state index is 0.166. The van der Waals surface area contributed by atoms with Gasteiger partial charge in [-0.05, 0) is 90.9 Å². The molecule has 0 radical (unpaired) electrons. The minimum Gasteiger partial charge on any atom is -0.383 e. The Labute approximate surface area is 159 Å². The normalized spacial score (nSPS) is 10.7. The lowest BCUT2D eigenvalue weighted by molar-refractivity contribution is 1.22. The fourth-order valence-corrected chi connectivity index (χ4v) is 3.52. The van der Waals surface area contributed by atoms with E-state index in [1.165, 1.54) is 11.1 Å². The molecule has 4 heteroatoms. The van der Waals surface area contributed by atoms with E-state index in [1.54, 1.807) is 0 Å². The summed E-state index contributed by atoms with van der Waals surface area (Å²) in [5, 5.41) is 0.998. The van der Waals surface area contributed by atoms with Crippen molar-refractivity contribution in [3.8, 4) is 11.1 Å². The van der Waals surface area contributed by atoms with Crippen molar-refractivity contribution in [2.24, 2.45) is 0 Å². The number of hydrogen-bond donors (Lipinski definition) is 1. The van der Waals surface area contributed by atoms with Crippen LogP contribution in [0.15, 0.2) is 36.1 Å². The van der Waals surface area contributed by atoms with Gasteiger partial charge in [-0.25, -0.2) is 9.97 Å². The number of allylic oxidation sites excluding steroid dienone is 1. The summed E-state index contributed by atoms with van der Waals surface area (Å²) in [5.41, 5.74) is 16.9. The first kappa shape index (κ1) is 18.2. The van der Waals surface area contributed by atoms with Crippen molar-refractivity contribution >= 4 is 34.4 Å². The van der Waals surface area contributed by atoms with Crippen molar-refractivity contribution in [3.63, 3.8) is 0 Å². The Balaban J connectivity index is 2.29. The van der Waals surface area contributed by atoms with Crippen molar-refractivity contribution in [2.45, 2.75) is 34.1 Å². The standard InChI is InChI=1S/C22H22ClN3/c1-5-6-7-8-16-11-14(3)19(15(4)12-16)17-9-13(2)10-18-20(17)25-22(23)26-21(18)24/h6,8-12H,5H2,1-4H3,(H2,24,25,26). The number of aryl methyl sites for hydroxylation is 3. The number of benzene rings is 2. The van der Waals surface area contributed by atoms with Gasteiger partial charge in [0.15, 0.2) is 0 Å². The predicted octanol–water partition coefficient (Wildman–Crippen LogP) is 6.04. The van der Waals surface area contributed by atoms with Crippen LogP contribution in [0.5, 0.6) is 0 Å². The van der Waals surface area contributed by atoms with Gasteiger partial charge >= 0.3 is 0 Å². The van der Waals surface area contributed by atoms with Crippen LogP contribution in [-0.4, -0.2) is 9.97 Å². The van der Waals surface area contributed by atoms with Crippen LogP contribution < -0.4 is 5.73 Å². The number of fused-ring (bicyclic) bond motifs is 1. The summed E-state index contributed by atoms with van der Waals surface area (Å²) in [6.45, 7) is 8.38. The predicted molar refractivity (Wildman–Crippen MR) is 111 cm³/mol. The molecule has 2 N–H and O–H groups in total. The molecule has 1 aromatic heterocycles. The van der Waals surface area contributed by atoms with E-state index in [9.17, 15) is 0 Å². The molecule has 0 spiro atoms. The molecule has 2 aromatic carbocycles. The Hall–Kier alpha value is -2.61. The maximum absolute atomic E-state index is 6.09. The molecular formula is C22H22ClN3. The first-order chi connectivity index (χ1) is 12.4. The zero-order chi connectivity index (χ0) is 18.8. The van der Waals surface area contributed by atoms with Gasteiger partial charge in [-0.15, -0.1) is 5.73 Å². The summed E-state index contributed by atoms with van der Waals surface area (Å²) < 4.78 is 0. The number of hydrogen-bond acceptors (Lipinski definition) is 3. The molecule has 0 saturated heterocycles. The third-order valence-electron chi connectivity index (χ3n) is 4.34. The molecule has 3 rings (SSSR count). The zero-order valence-corrected chi connectivity index (χ0v) is 16.3. The number of nitrogens with zero attached hydrogens (tertiary/aromatic N) is 2. The molecule has 0 saturated carbocycles. The van der Waals surface area contributed by atoms with E-state index in [0.717, 1.165) is 39.6 Å². The van der Waals surface area contributed by atoms with Crippen LogP contribution in [0.3, 0.4) is 0 Å². The number of nitrogen functional groups attached to an aromatic ring is 1. The van der Waals surface area contributed by atoms with Gasteiger partial charge in [0.2, 0.25) is 5.28 Å². The average molecular weight is 364 g/mol. The van der Waals surface area contributed by atoms with Crippen LogP contribution in [-0.2, 0) is 0 Å². The van der Waals surface area contributed by atoms with E-state index in [2.05, 4.69) is 54.7 Å². The number of rotatable bonds is 3. The first-order valence-corrected chi connectivity index (χ1v) is 9.04. The van der Waals surface area contributed by atoms with Gasteiger partial charge in [0.05, 0.1) is 5.52 Å². The van der Waals surface area contributed by atoms with E-state index < -0.39 is 0 Å². The number of aromatic nitrogens is 2. The third-order valence-corrected chi connectivity index (χ3v) is 4.51. The summed E-state index contributed by atoms with van der Waals surface area (Å²) in [6, 6.07) is 8.47. The molecule has 132 valence electrons. The van der Waals surface area contributed by atoms with Crippen LogP contribution >= 0.6 is 11.6 Å². The fourth-order valence-electron chi connectivity index (χ4n) is 3.34. The summed E-state index contributed by atoms with van der Waals surface area (Å²) >= 11 is 6.08. The lowest BCUT2D eigenvalue weighted by Gasteiger charge is -2.15. The molecule has 0 unspecified atom stereocenters. The lowest BCUT2D eigenvalue weighted by Crippen LogP contribution is -1.99. The zero-order valence-electron chi connectivity index (χ0n) is 15.5. The minimum atomic E-state index is 0.166. The summed E-state index contributed by atoms with van der Waals surface area (Å²) in [6.07, 6.45) is 5.01. The molecule has 0 aliphatic rings. The third kappa shape index (κ3) is 3.50. The van der Waals surface area contributed by atoms with E-state index in [4.69, 9.17) is 17.3 Å². The highest BCUT2D eigenvalue weighted by Crippen LogP contribution is 2.36. The summed E-state index contributed by atoms with van der Waals surface area (Å²) in [5.74, 6) is 0.407. The number of anilines is 1. The molecule has 0 aliphatic heterocycles. The van der Waals surface area contributed by atoms with Gasteiger partial charge in [0.1, 0.15) is 5.82 Å². The van der Waals surface area contributed by atoms with Gasteiger partial charge < -0.3 is 5.73 Å². The molecule has 0 fully saturated rings. The SMILES string of the molecule is CCC=C=Cc1cc(C)c(-c2cc(C)cc3c(N)nc(Cl)nc23)c(C)c1. The van der Waals surface area contributed by atoms with Crippen LogP contribution in [0, 0.1) is 20.8 Å². The van der Waals surface area contributed by atoms with Crippen LogP contribution in [0.25, 0.3) is 28.1 Å². The number of nitrogens with two attached hydrogens (primary N) is 1.